The number of hydrogen-bond acceptors (Lipinski definition) is 6. The molecule has 1 aromatic carbocycles. The molecule has 0 unspecified atom stereocenters. The predicted molar refractivity (Wildman–Crippen MR) is 195 cm³/mol. The summed E-state index contributed by atoms with van der Waals surface area (Å²) in [6.07, 6.45) is 17.1. The molecule has 1 aromatic rings. The summed E-state index contributed by atoms with van der Waals surface area (Å²) in [6.45, 7) is 6.77. The Balaban J connectivity index is 0.000000179. The second-order valence-corrected chi connectivity index (χ2v) is 18.3. The van der Waals surface area contributed by atoms with E-state index in [1.165, 1.54) is 57.8 Å². The first kappa shape index (κ1) is 36.1. The number of benzene rings is 1. The summed E-state index contributed by atoms with van der Waals surface area (Å²) in [5, 5.41) is 10.8. The van der Waals surface area contributed by atoms with Crippen molar-refractivity contribution in [1.82, 2.24) is 0 Å². The lowest BCUT2D eigenvalue weighted by Gasteiger charge is -2.60. The van der Waals surface area contributed by atoms with Crippen molar-refractivity contribution in [2.24, 2.45) is 40.2 Å². The van der Waals surface area contributed by atoms with E-state index in [0.29, 0.717) is 35.1 Å². The molecule has 1 aliphatic heterocycles. The van der Waals surface area contributed by atoms with Gasteiger partial charge in [-0.15, -0.1) is 23.2 Å². The van der Waals surface area contributed by atoms with Gasteiger partial charge in [0.15, 0.2) is 5.79 Å². The van der Waals surface area contributed by atoms with Crippen LogP contribution in [0.4, 0.5) is 5.69 Å². The Hall–Kier alpha value is -0.700. The fraction of sp³-hybridized carbons (Fsp3) is 0.816. The third-order valence-corrected chi connectivity index (χ3v) is 15.4. The highest BCUT2D eigenvalue weighted by Crippen LogP contribution is 2.70. The van der Waals surface area contributed by atoms with E-state index >= 15 is 0 Å². The molecule has 0 amide bonds. The minimum atomic E-state index is -0.991. The van der Waals surface area contributed by atoms with Crippen molar-refractivity contribution in [2.75, 3.05) is 36.9 Å². The van der Waals surface area contributed by atoms with Gasteiger partial charge in [0.05, 0.1) is 6.10 Å². The zero-order valence-corrected chi connectivity index (χ0v) is 31.1. The molecule has 5 saturated carbocycles. The lowest BCUT2D eigenvalue weighted by Crippen LogP contribution is -2.55. The Bertz CT molecular complexity index is 1210. The number of methoxy groups -OCH3 is 1. The van der Waals surface area contributed by atoms with Crippen LogP contribution in [0.3, 0.4) is 0 Å². The molecule has 9 heteroatoms. The number of ether oxygens (including phenoxy) is 2. The molecule has 47 heavy (non-hydrogen) atoms. The Morgan fingerprint density at radius 2 is 1.66 bits per heavy atom. The van der Waals surface area contributed by atoms with Gasteiger partial charge in [-0.1, -0.05) is 26.0 Å². The van der Waals surface area contributed by atoms with Gasteiger partial charge in [-0.3, -0.25) is 4.79 Å². The van der Waals surface area contributed by atoms with E-state index in [9.17, 15) is 4.79 Å². The summed E-state index contributed by atoms with van der Waals surface area (Å²) >= 11 is 13.8. The van der Waals surface area contributed by atoms with Crippen LogP contribution < -0.4 is 10.6 Å². The first-order valence-corrected chi connectivity index (χ1v) is 20.4. The fourth-order valence-corrected chi connectivity index (χ4v) is 12.7. The number of anilines is 1. The molecule has 3 N–H and O–H groups in total. The van der Waals surface area contributed by atoms with Gasteiger partial charge in [-0.2, -0.15) is 11.8 Å². The van der Waals surface area contributed by atoms with E-state index in [-0.39, 0.29) is 5.79 Å². The molecule has 0 aromatic heterocycles. The van der Waals surface area contributed by atoms with Crippen LogP contribution in [0.1, 0.15) is 96.5 Å². The third kappa shape index (κ3) is 7.38. The smallest absolute Gasteiger partial charge is 0.320 e. The van der Waals surface area contributed by atoms with Crippen molar-refractivity contribution in [3.05, 3.63) is 29.8 Å². The molecular formula is C38H58Cl2N2O4S. The molecule has 0 spiro atoms. The van der Waals surface area contributed by atoms with Crippen LogP contribution in [-0.4, -0.2) is 71.5 Å². The fourth-order valence-electron chi connectivity index (χ4n) is 11.0. The number of thioether (sulfide) groups is 1. The second kappa shape index (κ2) is 14.9. The molecule has 1 saturated heterocycles. The van der Waals surface area contributed by atoms with E-state index in [4.69, 9.17) is 43.5 Å². The maximum absolute atomic E-state index is 10.7. The molecule has 1 heterocycles. The number of carboxylic acid groups (broad SMARTS) is 1. The number of aliphatic carboxylic acids is 1. The first-order chi connectivity index (χ1) is 22.6. The summed E-state index contributed by atoms with van der Waals surface area (Å²) < 4.78 is 12.9. The van der Waals surface area contributed by atoms with E-state index in [1.807, 2.05) is 31.4 Å². The van der Waals surface area contributed by atoms with E-state index in [0.717, 1.165) is 71.4 Å². The number of alkyl halides is 2. The molecule has 6 fully saturated rings. The highest BCUT2D eigenvalue weighted by molar-refractivity contribution is 8.07. The van der Waals surface area contributed by atoms with Crippen molar-refractivity contribution in [3.8, 4) is 0 Å². The summed E-state index contributed by atoms with van der Waals surface area (Å²) in [6, 6.07) is 6.76. The average Bonchev–Trinajstić information content (AvgIpc) is 3.48. The zero-order chi connectivity index (χ0) is 33.4. The summed E-state index contributed by atoms with van der Waals surface area (Å²) in [5.41, 5.74) is 8.46. The number of carbonyl (C=O) groups is 1. The average molecular weight is 710 g/mol. The minimum absolute atomic E-state index is 0.259. The van der Waals surface area contributed by atoms with Gasteiger partial charge in [-0.25, -0.2) is 0 Å². The monoisotopic (exact) mass is 708 g/mol. The van der Waals surface area contributed by atoms with Crippen LogP contribution in [0.2, 0.25) is 0 Å². The number of carboxylic acids is 1. The van der Waals surface area contributed by atoms with Crippen LogP contribution in [0.5, 0.6) is 0 Å². The van der Waals surface area contributed by atoms with Gasteiger partial charge in [0.1, 0.15) is 6.04 Å². The molecule has 6 aliphatic rings. The van der Waals surface area contributed by atoms with Gasteiger partial charge >= 0.3 is 5.97 Å². The van der Waals surface area contributed by atoms with Gasteiger partial charge in [0.2, 0.25) is 0 Å². The van der Waals surface area contributed by atoms with Gasteiger partial charge in [0.25, 0.3) is 0 Å². The Labute approximate surface area is 297 Å². The standard InChI is InChI=1S/C25H40O2S.C13H18Cl2N2O2/c1-23-13-10-19-17(7-6-16-14-20-21(28-20)15-24(16,19)2)18(23)8-9-22(23)27-25(26-3)11-4-5-12-25;14-5-7-17(8-6-15)11-3-1-10(2-4-11)9-12(16)13(18)19/h16-22H,4-15H2,1-3H3;1-4,12H,5-9,16H2,(H,18,19)/t16-,17-,18-,19-,20-,21+,22-,23-,24-;12-/m00/s1. The van der Waals surface area contributed by atoms with E-state index in [2.05, 4.69) is 30.5 Å². The zero-order valence-electron chi connectivity index (χ0n) is 28.8. The van der Waals surface area contributed by atoms with E-state index in [1.54, 1.807) is 6.42 Å². The quantitative estimate of drug-likeness (QED) is 0.136. The topological polar surface area (TPSA) is 85.0 Å². The predicted octanol–water partition coefficient (Wildman–Crippen LogP) is 8.35. The van der Waals surface area contributed by atoms with Crippen molar-refractivity contribution < 1.29 is 19.4 Å². The Kier molecular flexibility index (Phi) is 11.4. The maximum Gasteiger partial charge on any atom is 0.320 e. The van der Waals surface area contributed by atoms with Crippen LogP contribution >= 0.6 is 35.0 Å². The van der Waals surface area contributed by atoms with Crippen LogP contribution in [0, 0.1) is 34.5 Å². The van der Waals surface area contributed by atoms with Crippen LogP contribution in [0.25, 0.3) is 0 Å². The van der Waals surface area contributed by atoms with Gasteiger partial charge in [0, 0.05) is 61.0 Å². The van der Waals surface area contributed by atoms with Crippen LogP contribution in [0.15, 0.2) is 24.3 Å². The van der Waals surface area contributed by atoms with Crippen LogP contribution in [-0.2, 0) is 20.7 Å². The maximum atomic E-state index is 10.7. The number of nitrogens with zero attached hydrogens (tertiary/aromatic N) is 1. The van der Waals surface area contributed by atoms with Crippen molar-refractivity contribution in [2.45, 2.75) is 126 Å². The third-order valence-electron chi connectivity index (χ3n) is 13.7. The number of hydrogen-bond donors (Lipinski definition) is 2. The second-order valence-electron chi connectivity index (χ2n) is 16.0. The molecular weight excluding hydrogens is 651 g/mol. The number of fused-ring (bicyclic) bond motifs is 6. The lowest BCUT2D eigenvalue weighted by molar-refractivity contribution is -0.264. The lowest BCUT2D eigenvalue weighted by atomic mass is 9.45. The number of nitrogens with two attached hydrogens (primary N) is 1. The normalized spacial score (nSPS) is 38.6. The van der Waals surface area contributed by atoms with E-state index < -0.39 is 12.0 Å². The molecule has 6 nitrogen and oxygen atoms in total. The molecule has 5 aliphatic carbocycles. The van der Waals surface area contributed by atoms with Gasteiger partial charge < -0.3 is 25.2 Å². The van der Waals surface area contributed by atoms with Crippen molar-refractivity contribution in [1.29, 1.82) is 0 Å². The SMILES string of the molecule is COC1(O[C@H]2CC[C@H]3[C@@H]4CC[C@H]5C[C@@H]6S[C@@H]6C[C@]5(C)[C@H]4CC[C@]23C)CCCC1.N[C@@H](Cc1ccc(N(CCCl)CCCl)cc1)C(=O)O. The molecule has 10 atom stereocenters. The summed E-state index contributed by atoms with van der Waals surface area (Å²) in [5.74, 6) is 3.70. The number of rotatable bonds is 11. The summed E-state index contributed by atoms with van der Waals surface area (Å²) in [7, 11) is 1.88. The largest absolute Gasteiger partial charge is 0.480 e. The molecule has 264 valence electrons. The molecule has 7 rings (SSSR count). The van der Waals surface area contributed by atoms with Gasteiger partial charge in [-0.05, 0) is 123 Å². The Morgan fingerprint density at radius 1 is 0.979 bits per heavy atom. The summed E-state index contributed by atoms with van der Waals surface area (Å²) in [4.78, 5) is 12.8. The Morgan fingerprint density at radius 3 is 2.30 bits per heavy atom. The highest BCUT2D eigenvalue weighted by Gasteiger charge is 2.64. The first-order valence-electron chi connectivity index (χ1n) is 18.4. The van der Waals surface area contributed by atoms with Crippen molar-refractivity contribution in [3.63, 3.8) is 0 Å². The highest BCUT2D eigenvalue weighted by atomic mass is 35.5. The molecule has 0 radical (unpaired) electrons. The number of halogens is 2. The molecule has 0 bridgehead atoms. The van der Waals surface area contributed by atoms with Crippen molar-refractivity contribution >= 4 is 46.6 Å². The minimum Gasteiger partial charge on any atom is -0.480 e.